The Morgan fingerprint density at radius 2 is 2.00 bits per heavy atom. The molecule has 0 aliphatic heterocycles. The summed E-state index contributed by atoms with van der Waals surface area (Å²) in [5.41, 5.74) is 0.774. The van der Waals surface area contributed by atoms with Gasteiger partial charge in [0.05, 0.1) is 36.6 Å². The van der Waals surface area contributed by atoms with Gasteiger partial charge in [0.15, 0.2) is 0 Å². The molecule has 7 nitrogen and oxygen atoms in total. The highest BCUT2D eigenvalue weighted by Gasteiger charge is 2.21. The summed E-state index contributed by atoms with van der Waals surface area (Å²) in [7, 11) is 1.52. The van der Waals surface area contributed by atoms with Crippen molar-refractivity contribution in [1.82, 2.24) is 10.2 Å². The standard InChI is InChI=1S/C20H17FN4O3S/c1-27-17-10-5-4-9-16(17)25(12-6-11-22)18(26)13-29-20-24-23-19(28-20)14-7-2-3-8-15(14)21/h2-5,7-10H,6,12-13H2,1H3. The number of anilines is 1. The Balaban J connectivity index is 1.72. The van der Waals surface area contributed by atoms with E-state index in [1.54, 1.807) is 36.4 Å². The Morgan fingerprint density at radius 1 is 1.24 bits per heavy atom. The van der Waals surface area contributed by atoms with Crippen molar-refractivity contribution in [3.8, 4) is 23.3 Å². The van der Waals surface area contributed by atoms with Gasteiger partial charge in [-0.05, 0) is 24.3 Å². The van der Waals surface area contributed by atoms with Crippen LogP contribution in [0, 0.1) is 17.1 Å². The first kappa shape index (κ1) is 20.4. The first-order valence-electron chi connectivity index (χ1n) is 8.65. The summed E-state index contributed by atoms with van der Waals surface area (Å²) in [4.78, 5) is 14.3. The van der Waals surface area contributed by atoms with Gasteiger partial charge in [-0.25, -0.2) is 4.39 Å². The number of nitrogens with zero attached hydrogens (tertiary/aromatic N) is 4. The maximum atomic E-state index is 13.8. The van der Waals surface area contributed by atoms with Crippen LogP contribution in [0.3, 0.4) is 0 Å². The van der Waals surface area contributed by atoms with Crippen LogP contribution in [0.1, 0.15) is 6.42 Å². The fourth-order valence-corrected chi connectivity index (χ4v) is 3.25. The predicted molar refractivity (Wildman–Crippen MR) is 106 cm³/mol. The molecule has 0 aliphatic carbocycles. The van der Waals surface area contributed by atoms with Crippen LogP contribution in [-0.4, -0.2) is 35.5 Å². The number of ether oxygens (including phenoxy) is 1. The molecule has 0 bridgehead atoms. The molecule has 2 aromatic carbocycles. The molecule has 0 N–H and O–H groups in total. The summed E-state index contributed by atoms with van der Waals surface area (Å²) in [6, 6.07) is 15.2. The van der Waals surface area contributed by atoms with Gasteiger partial charge >= 0.3 is 0 Å². The van der Waals surface area contributed by atoms with E-state index >= 15 is 0 Å². The smallest absolute Gasteiger partial charge is 0.277 e. The maximum absolute atomic E-state index is 13.8. The SMILES string of the molecule is COc1ccccc1N(CCC#N)C(=O)CSc1nnc(-c2ccccc2F)o1. The lowest BCUT2D eigenvalue weighted by Crippen LogP contribution is -2.33. The second-order valence-electron chi connectivity index (χ2n) is 5.77. The van der Waals surface area contributed by atoms with E-state index in [2.05, 4.69) is 10.2 Å². The van der Waals surface area contributed by atoms with Crippen molar-refractivity contribution in [3.63, 3.8) is 0 Å². The number of hydrogen-bond acceptors (Lipinski definition) is 7. The number of halogens is 1. The van der Waals surface area contributed by atoms with Gasteiger partial charge in [-0.1, -0.05) is 36.0 Å². The Labute approximate surface area is 171 Å². The number of benzene rings is 2. The molecular formula is C20H17FN4O3S. The summed E-state index contributed by atoms with van der Waals surface area (Å²) in [5.74, 6) is -0.141. The molecule has 3 rings (SSSR count). The molecule has 3 aromatic rings. The molecule has 0 aliphatic rings. The third-order valence-corrected chi connectivity index (χ3v) is 4.76. The van der Waals surface area contributed by atoms with Gasteiger partial charge in [0, 0.05) is 6.54 Å². The van der Waals surface area contributed by atoms with Crippen molar-refractivity contribution in [2.75, 3.05) is 24.3 Å². The number of para-hydroxylation sites is 2. The van der Waals surface area contributed by atoms with E-state index in [4.69, 9.17) is 14.4 Å². The molecule has 0 saturated heterocycles. The van der Waals surface area contributed by atoms with Crippen LogP contribution in [0.4, 0.5) is 10.1 Å². The number of rotatable bonds is 8. The largest absolute Gasteiger partial charge is 0.495 e. The van der Waals surface area contributed by atoms with Gasteiger partial charge in [0.25, 0.3) is 11.1 Å². The van der Waals surface area contributed by atoms with Crippen LogP contribution in [0.15, 0.2) is 58.2 Å². The van der Waals surface area contributed by atoms with E-state index in [1.165, 1.54) is 24.1 Å². The van der Waals surface area contributed by atoms with Gasteiger partial charge in [0.1, 0.15) is 11.6 Å². The maximum Gasteiger partial charge on any atom is 0.277 e. The number of aromatic nitrogens is 2. The van der Waals surface area contributed by atoms with Crippen molar-refractivity contribution >= 4 is 23.4 Å². The molecule has 148 valence electrons. The highest BCUT2D eigenvalue weighted by Crippen LogP contribution is 2.30. The fourth-order valence-electron chi connectivity index (χ4n) is 2.61. The molecule has 1 aromatic heterocycles. The Kier molecular flexibility index (Phi) is 6.81. The van der Waals surface area contributed by atoms with Gasteiger partial charge in [-0.15, -0.1) is 10.2 Å². The third kappa shape index (κ3) is 4.92. The summed E-state index contributed by atoms with van der Waals surface area (Å²) in [5, 5.41) is 16.8. The van der Waals surface area contributed by atoms with Gasteiger partial charge in [-0.2, -0.15) is 5.26 Å². The first-order valence-corrected chi connectivity index (χ1v) is 9.64. The zero-order valence-corrected chi connectivity index (χ0v) is 16.4. The monoisotopic (exact) mass is 412 g/mol. The minimum atomic E-state index is -0.470. The Morgan fingerprint density at radius 3 is 2.76 bits per heavy atom. The zero-order chi connectivity index (χ0) is 20.6. The van der Waals surface area contributed by atoms with Crippen LogP contribution in [-0.2, 0) is 4.79 Å². The Bertz CT molecular complexity index is 1030. The van der Waals surface area contributed by atoms with Gasteiger partial charge < -0.3 is 14.1 Å². The van der Waals surface area contributed by atoms with Crippen molar-refractivity contribution in [3.05, 3.63) is 54.3 Å². The molecule has 1 heterocycles. The average molecular weight is 412 g/mol. The van der Waals surface area contributed by atoms with Gasteiger partial charge in [0.2, 0.25) is 5.91 Å². The lowest BCUT2D eigenvalue weighted by Gasteiger charge is -2.23. The summed E-state index contributed by atoms with van der Waals surface area (Å²) in [6.07, 6.45) is 0.173. The van der Waals surface area contributed by atoms with Crippen LogP contribution in [0.5, 0.6) is 5.75 Å². The summed E-state index contributed by atoms with van der Waals surface area (Å²) in [6.45, 7) is 0.223. The third-order valence-electron chi connectivity index (χ3n) is 3.95. The van der Waals surface area contributed by atoms with E-state index in [9.17, 15) is 9.18 Å². The summed E-state index contributed by atoms with van der Waals surface area (Å²) < 4.78 is 24.6. The number of hydrogen-bond donors (Lipinski definition) is 0. The molecule has 0 radical (unpaired) electrons. The highest BCUT2D eigenvalue weighted by atomic mass is 32.2. The van der Waals surface area contributed by atoms with Crippen molar-refractivity contribution < 1.29 is 18.3 Å². The van der Waals surface area contributed by atoms with Crippen molar-refractivity contribution in [2.24, 2.45) is 0 Å². The zero-order valence-electron chi connectivity index (χ0n) is 15.5. The highest BCUT2D eigenvalue weighted by molar-refractivity contribution is 7.99. The van der Waals surface area contributed by atoms with Crippen LogP contribution in [0.2, 0.25) is 0 Å². The first-order chi connectivity index (χ1) is 14.1. The number of amides is 1. The lowest BCUT2D eigenvalue weighted by atomic mass is 10.2. The summed E-state index contributed by atoms with van der Waals surface area (Å²) >= 11 is 1.04. The predicted octanol–water partition coefficient (Wildman–Crippen LogP) is 3.92. The topological polar surface area (TPSA) is 92.2 Å². The number of thioether (sulfide) groups is 1. The van der Waals surface area contributed by atoms with E-state index in [0.29, 0.717) is 11.4 Å². The van der Waals surface area contributed by atoms with E-state index in [-0.39, 0.29) is 41.3 Å². The van der Waals surface area contributed by atoms with Crippen molar-refractivity contribution in [2.45, 2.75) is 11.6 Å². The number of methoxy groups -OCH3 is 1. The van der Waals surface area contributed by atoms with E-state index in [1.807, 2.05) is 6.07 Å². The van der Waals surface area contributed by atoms with Crippen molar-refractivity contribution in [1.29, 1.82) is 5.26 Å². The number of carbonyl (C=O) groups excluding carboxylic acids is 1. The second kappa shape index (κ2) is 9.71. The van der Waals surface area contributed by atoms with Crippen LogP contribution in [0.25, 0.3) is 11.5 Å². The normalized spacial score (nSPS) is 10.4. The number of carbonyl (C=O) groups is 1. The quantitative estimate of drug-likeness (QED) is 0.518. The molecule has 29 heavy (non-hydrogen) atoms. The minimum Gasteiger partial charge on any atom is -0.495 e. The number of nitriles is 1. The molecule has 0 unspecified atom stereocenters. The van der Waals surface area contributed by atoms with Gasteiger partial charge in [-0.3, -0.25) is 4.79 Å². The molecular weight excluding hydrogens is 395 g/mol. The lowest BCUT2D eigenvalue weighted by molar-refractivity contribution is -0.116. The average Bonchev–Trinajstić information content (AvgIpc) is 3.22. The molecule has 0 saturated carbocycles. The molecule has 0 fully saturated rings. The Hall–Kier alpha value is -3.38. The second-order valence-corrected chi connectivity index (χ2v) is 6.69. The molecule has 0 spiro atoms. The van der Waals surface area contributed by atoms with E-state index < -0.39 is 5.82 Å². The molecule has 0 atom stereocenters. The fraction of sp³-hybridized carbons (Fsp3) is 0.200. The van der Waals surface area contributed by atoms with E-state index in [0.717, 1.165) is 11.8 Å². The molecule has 9 heteroatoms. The molecule has 1 amide bonds. The minimum absolute atomic E-state index is 0.00236. The van der Waals surface area contributed by atoms with Crippen LogP contribution >= 0.6 is 11.8 Å². The van der Waals surface area contributed by atoms with Crippen LogP contribution < -0.4 is 9.64 Å².